The smallest absolute Gasteiger partial charge is 0.155 e. The topological polar surface area (TPSA) is 26.3 Å². The molecule has 1 heterocycles. The van der Waals surface area contributed by atoms with Gasteiger partial charge in [0.25, 0.3) is 0 Å². The minimum absolute atomic E-state index is 0.218. The number of fused-ring (bicyclic) bond motifs is 6. The summed E-state index contributed by atoms with van der Waals surface area (Å²) < 4.78 is 6.54. The average molecular weight is 343 g/mol. The van der Waals surface area contributed by atoms with Crippen molar-refractivity contribution in [3.8, 4) is 0 Å². The van der Waals surface area contributed by atoms with E-state index in [0.717, 1.165) is 49.0 Å². The van der Waals surface area contributed by atoms with Crippen LogP contribution in [0.5, 0.6) is 0 Å². The summed E-state index contributed by atoms with van der Waals surface area (Å²) in [5.74, 6) is 4.41. The van der Waals surface area contributed by atoms with Crippen molar-refractivity contribution in [2.45, 2.75) is 83.7 Å². The van der Waals surface area contributed by atoms with Gasteiger partial charge in [0.2, 0.25) is 0 Å². The molecule has 0 bridgehead atoms. The molecule has 25 heavy (non-hydrogen) atoms. The maximum absolute atomic E-state index is 11.9. The average Bonchev–Trinajstić information content (AvgIpc) is 3.21. The molecule has 0 amide bonds. The van der Waals surface area contributed by atoms with Crippen molar-refractivity contribution in [3.63, 3.8) is 0 Å². The zero-order chi connectivity index (χ0) is 17.2. The molecule has 7 atom stereocenters. The van der Waals surface area contributed by atoms with Crippen LogP contribution in [0, 0.1) is 35.0 Å². The quantitative estimate of drug-likeness (QED) is 0.645. The minimum Gasteiger partial charge on any atom is -0.374 e. The molecule has 1 spiro atoms. The Hall–Kier alpha value is -0.630. The van der Waals surface area contributed by atoms with Crippen molar-refractivity contribution in [2.24, 2.45) is 35.0 Å². The third-order valence-corrected chi connectivity index (χ3v) is 9.35. The number of carbonyl (C=O) groups is 1. The van der Waals surface area contributed by atoms with Gasteiger partial charge in [-0.1, -0.05) is 19.4 Å². The molecular weight excluding hydrogens is 308 g/mol. The van der Waals surface area contributed by atoms with Gasteiger partial charge in [0.1, 0.15) is 0 Å². The molecule has 0 radical (unpaired) electrons. The molecule has 0 aromatic rings. The van der Waals surface area contributed by atoms with Crippen molar-refractivity contribution in [1.82, 2.24) is 0 Å². The number of hydrogen-bond acceptors (Lipinski definition) is 2. The van der Waals surface area contributed by atoms with E-state index in [-0.39, 0.29) is 5.60 Å². The largest absolute Gasteiger partial charge is 0.374 e. The van der Waals surface area contributed by atoms with Crippen LogP contribution >= 0.6 is 0 Å². The Morgan fingerprint density at radius 3 is 2.84 bits per heavy atom. The van der Waals surface area contributed by atoms with E-state index in [4.69, 9.17) is 4.74 Å². The highest BCUT2D eigenvalue weighted by Gasteiger charge is 2.66. The van der Waals surface area contributed by atoms with Crippen LogP contribution in [0.4, 0.5) is 0 Å². The highest BCUT2D eigenvalue weighted by atomic mass is 16.5. The molecule has 0 N–H and O–H groups in total. The first kappa shape index (κ1) is 16.5. The predicted molar refractivity (Wildman–Crippen MR) is 99.2 cm³/mol. The number of hydrogen-bond donors (Lipinski definition) is 0. The second-order valence-electron chi connectivity index (χ2n) is 9.89. The van der Waals surface area contributed by atoms with Crippen molar-refractivity contribution in [1.29, 1.82) is 0 Å². The van der Waals surface area contributed by atoms with E-state index in [9.17, 15) is 4.79 Å². The van der Waals surface area contributed by atoms with E-state index in [2.05, 4.69) is 13.8 Å². The van der Waals surface area contributed by atoms with Gasteiger partial charge in [-0.2, -0.15) is 0 Å². The zero-order valence-corrected chi connectivity index (χ0v) is 16.1. The minimum atomic E-state index is 0.218. The number of ketones is 1. The van der Waals surface area contributed by atoms with Crippen LogP contribution < -0.4 is 0 Å². The lowest BCUT2D eigenvalue weighted by Gasteiger charge is -2.59. The Balaban J connectivity index is 1.51. The van der Waals surface area contributed by atoms with Gasteiger partial charge in [-0.05, 0) is 93.5 Å². The van der Waals surface area contributed by atoms with Crippen LogP contribution in [-0.4, -0.2) is 18.0 Å². The van der Waals surface area contributed by atoms with Gasteiger partial charge in [-0.15, -0.1) is 0 Å². The molecule has 1 aliphatic heterocycles. The zero-order valence-electron chi connectivity index (χ0n) is 16.1. The summed E-state index contributed by atoms with van der Waals surface area (Å²) in [7, 11) is 0. The Kier molecular flexibility index (Phi) is 3.76. The highest BCUT2D eigenvalue weighted by molar-refractivity contribution is 5.91. The Morgan fingerprint density at radius 2 is 2.08 bits per heavy atom. The maximum atomic E-state index is 11.9. The fourth-order valence-electron chi connectivity index (χ4n) is 8.55. The Labute approximate surface area is 152 Å². The molecular formula is C23H34O2. The van der Waals surface area contributed by atoms with Crippen molar-refractivity contribution in [3.05, 3.63) is 11.6 Å². The van der Waals surface area contributed by atoms with E-state index in [1.807, 2.05) is 6.08 Å². The molecule has 3 saturated carbocycles. The first-order chi connectivity index (χ1) is 12.1. The highest BCUT2D eigenvalue weighted by Crippen LogP contribution is 2.69. The van der Waals surface area contributed by atoms with Crippen LogP contribution in [0.2, 0.25) is 0 Å². The summed E-state index contributed by atoms with van der Waals surface area (Å²) in [4.78, 5) is 11.9. The maximum Gasteiger partial charge on any atom is 0.155 e. The first-order valence-electron chi connectivity index (χ1n) is 11.0. The second kappa shape index (κ2) is 5.68. The van der Waals surface area contributed by atoms with Crippen molar-refractivity contribution >= 4 is 5.78 Å². The van der Waals surface area contributed by atoms with Gasteiger partial charge in [0.05, 0.1) is 5.60 Å². The molecule has 138 valence electrons. The molecule has 4 fully saturated rings. The van der Waals surface area contributed by atoms with E-state index >= 15 is 0 Å². The lowest BCUT2D eigenvalue weighted by Crippen LogP contribution is -2.55. The molecule has 5 aliphatic rings. The van der Waals surface area contributed by atoms with Crippen LogP contribution in [0.1, 0.15) is 78.1 Å². The van der Waals surface area contributed by atoms with Crippen molar-refractivity contribution in [2.75, 3.05) is 6.61 Å². The molecule has 2 heteroatoms. The lowest BCUT2D eigenvalue weighted by atomic mass is 9.47. The van der Waals surface area contributed by atoms with Crippen molar-refractivity contribution < 1.29 is 9.53 Å². The number of ether oxygens (including phenoxy) is 1. The molecule has 0 aromatic carbocycles. The molecule has 2 nitrogen and oxygen atoms in total. The van der Waals surface area contributed by atoms with Gasteiger partial charge in [-0.25, -0.2) is 0 Å². The van der Waals surface area contributed by atoms with Gasteiger partial charge < -0.3 is 4.74 Å². The third-order valence-electron chi connectivity index (χ3n) is 9.35. The molecule has 6 unspecified atom stereocenters. The number of allylic oxidation sites excluding steroid dienone is 1. The van der Waals surface area contributed by atoms with E-state index in [0.29, 0.717) is 11.2 Å². The van der Waals surface area contributed by atoms with Crippen LogP contribution in [0.25, 0.3) is 0 Å². The van der Waals surface area contributed by atoms with E-state index < -0.39 is 0 Å². The Bertz CT molecular complexity index is 599. The summed E-state index contributed by atoms with van der Waals surface area (Å²) in [6, 6.07) is 0. The van der Waals surface area contributed by atoms with E-state index in [1.54, 1.807) is 0 Å². The molecule has 0 aromatic heterocycles. The predicted octanol–water partition coefficient (Wildman–Crippen LogP) is 5.31. The number of rotatable bonds is 1. The summed E-state index contributed by atoms with van der Waals surface area (Å²) in [5.41, 5.74) is 2.18. The fourth-order valence-corrected chi connectivity index (χ4v) is 8.55. The summed E-state index contributed by atoms with van der Waals surface area (Å²) in [5, 5.41) is 0. The number of carbonyl (C=O) groups excluding carboxylic acids is 1. The summed E-state index contributed by atoms with van der Waals surface area (Å²) >= 11 is 0. The summed E-state index contributed by atoms with van der Waals surface area (Å²) in [6.07, 6.45) is 14.5. The van der Waals surface area contributed by atoms with Crippen LogP contribution in [0.15, 0.2) is 11.6 Å². The van der Waals surface area contributed by atoms with Gasteiger partial charge in [0.15, 0.2) is 5.78 Å². The third kappa shape index (κ3) is 2.10. The molecule has 5 rings (SSSR count). The van der Waals surface area contributed by atoms with Crippen LogP contribution in [0.3, 0.4) is 0 Å². The fraction of sp³-hybridized carbons (Fsp3) is 0.870. The molecule has 1 saturated heterocycles. The normalized spacial score (nSPS) is 51.8. The monoisotopic (exact) mass is 342 g/mol. The lowest BCUT2D eigenvalue weighted by molar-refractivity contribution is -0.146. The van der Waals surface area contributed by atoms with Gasteiger partial charge in [-0.3, -0.25) is 4.79 Å². The van der Waals surface area contributed by atoms with E-state index in [1.165, 1.54) is 56.9 Å². The van der Waals surface area contributed by atoms with Gasteiger partial charge in [0, 0.05) is 18.4 Å². The van der Waals surface area contributed by atoms with Crippen LogP contribution in [-0.2, 0) is 9.53 Å². The first-order valence-corrected chi connectivity index (χ1v) is 11.0. The second-order valence-corrected chi connectivity index (χ2v) is 9.89. The Morgan fingerprint density at radius 1 is 1.20 bits per heavy atom. The molecule has 4 aliphatic carbocycles. The van der Waals surface area contributed by atoms with Gasteiger partial charge >= 0.3 is 0 Å². The summed E-state index contributed by atoms with van der Waals surface area (Å²) in [6.45, 7) is 5.93. The SMILES string of the molecule is CCC12CCC3C4CCC(=O)C=C4C[C@H](C)C3C1CCC21CCCO1. The standard InChI is InChI=1S/C23H34O2/c1-3-22-10-7-19-18-6-5-17(24)14-16(18)13-15(2)21(19)20(22)8-11-23(22)9-4-12-25-23/h14-15,18-21H,3-13H2,1-2H3/t15-,18?,19?,20?,21?,22?,23?/m0/s1.